The summed E-state index contributed by atoms with van der Waals surface area (Å²) in [6, 6.07) is 1.70. The first-order chi connectivity index (χ1) is 10.7. The molecule has 8 heteroatoms. The summed E-state index contributed by atoms with van der Waals surface area (Å²) in [6.07, 6.45) is 1.79. The maximum atomic E-state index is 13.1. The Morgan fingerprint density at radius 3 is 2.74 bits per heavy atom. The number of rotatable bonds is 4. The van der Waals surface area contributed by atoms with Gasteiger partial charge >= 0.3 is 5.69 Å². The molecule has 0 aliphatic heterocycles. The Labute approximate surface area is 130 Å². The van der Waals surface area contributed by atoms with Crippen LogP contribution >= 0.6 is 0 Å². The van der Waals surface area contributed by atoms with Crippen molar-refractivity contribution in [1.29, 1.82) is 0 Å². The molecule has 0 unspecified atom stereocenters. The molecule has 0 radical (unpaired) electrons. The van der Waals surface area contributed by atoms with E-state index in [1.165, 1.54) is 6.20 Å². The van der Waals surface area contributed by atoms with Gasteiger partial charge in [0.2, 0.25) is 5.92 Å². The highest BCUT2D eigenvalue weighted by Gasteiger charge is 2.44. The molecule has 1 aliphatic rings. The molecule has 0 spiro atoms. The maximum absolute atomic E-state index is 13.1. The summed E-state index contributed by atoms with van der Waals surface area (Å²) in [5.41, 5.74) is 0.835. The van der Waals surface area contributed by atoms with Crippen LogP contribution in [0.25, 0.3) is 11.3 Å². The molecule has 1 saturated carbocycles. The third-order valence-electron chi connectivity index (χ3n) is 4.06. The van der Waals surface area contributed by atoms with E-state index in [2.05, 4.69) is 20.2 Å². The number of alkyl halides is 2. The van der Waals surface area contributed by atoms with Crippen molar-refractivity contribution in [3.8, 4) is 11.3 Å². The van der Waals surface area contributed by atoms with E-state index in [1.807, 2.05) is 0 Å². The fourth-order valence-corrected chi connectivity index (χ4v) is 2.89. The predicted octanol–water partition coefficient (Wildman–Crippen LogP) is 1.98. The van der Waals surface area contributed by atoms with E-state index in [4.69, 9.17) is 0 Å². The summed E-state index contributed by atoms with van der Waals surface area (Å²) in [7, 11) is 0. The highest BCUT2D eigenvalue weighted by molar-refractivity contribution is 5.57. The van der Waals surface area contributed by atoms with Crippen molar-refractivity contribution in [3.63, 3.8) is 0 Å². The van der Waals surface area contributed by atoms with Crippen molar-refractivity contribution in [1.82, 2.24) is 20.2 Å². The van der Waals surface area contributed by atoms with E-state index >= 15 is 0 Å². The van der Waals surface area contributed by atoms with Crippen LogP contribution in [-0.2, 0) is 0 Å². The summed E-state index contributed by atoms with van der Waals surface area (Å²) in [5, 5.41) is 8.00. The van der Waals surface area contributed by atoms with Crippen molar-refractivity contribution in [2.45, 2.75) is 38.5 Å². The molecule has 6 nitrogen and oxygen atoms in total. The van der Waals surface area contributed by atoms with Crippen LogP contribution < -0.4 is 11.2 Å². The fourth-order valence-electron chi connectivity index (χ4n) is 2.89. The van der Waals surface area contributed by atoms with E-state index in [1.54, 1.807) is 13.0 Å². The van der Waals surface area contributed by atoms with Gasteiger partial charge in [0.15, 0.2) is 0 Å². The lowest BCUT2D eigenvalue weighted by molar-refractivity contribution is 0.00673. The van der Waals surface area contributed by atoms with Gasteiger partial charge in [-0.3, -0.25) is 9.78 Å². The van der Waals surface area contributed by atoms with Crippen LogP contribution in [0.3, 0.4) is 0 Å². The molecule has 23 heavy (non-hydrogen) atoms. The van der Waals surface area contributed by atoms with Crippen molar-refractivity contribution in [3.05, 3.63) is 44.4 Å². The lowest BCUT2D eigenvalue weighted by atomic mass is 10.0. The van der Waals surface area contributed by atoms with Gasteiger partial charge in [-0.2, -0.15) is 5.10 Å². The second kappa shape index (κ2) is 5.36. The number of aryl methyl sites for hydroxylation is 1. The van der Waals surface area contributed by atoms with E-state index in [-0.39, 0.29) is 23.8 Å². The van der Waals surface area contributed by atoms with E-state index in [0.29, 0.717) is 17.8 Å². The smallest absolute Gasteiger partial charge is 0.313 e. The lowest BCUT2D eigenvalue weighted by Gasteiger charge is -2.10. The molecule has 0 amide bonds. The Balaban J connectivity index is 1.92. The molecule has 0 bridgehead atoms. The number of H-pyrrole nitrogens is 2. The van der Waals surface area contributed by atoms with Gasteiger partial charge in [-0.15, -0.1) is 5.10 Å². The van der Waals surface area contributed by atoms with Crippen LogP contribution in [0.4, 0.5) is 8.78 Å². The van der Waals surface area contributed by atoms with Gasteiger partial charge in [0.25, 0.3) is 5.56 Å². The molecule has 1 fully saturated rings. The molecule has 2 aromatic heterocycles. The molecule has 2 N–H and O–H groups in total. The summed E-state index contributed by atoms with van der Waals surface area (Å²) >= 11 is 0. The first-order valence-corrected chi connectivity index (χ1v) is 7.29. The van der Waals surface area contributed by atoms with Crippen molar-refractivity contribution >= 4 is 0 Å². The van der Waals surface area contributed by atoms with Gasteiger partial charge in [0.05, 0.1) is 11.3 Å². The average molecular weight is 322 g/mol. The minimum atomic E-state index is -2.69. The summed E-state index contributed by atoms with van der Waals surface area (Å²) in [5.74, 6) is -2.76. The van der Waals surface area contributed by atoms with Crippen LogP contribution in [0.5, 0.6) is 0 Å². The predicted molar refractivity (Wildman–Crippen MR) is 79.5 cm³/mol. The second-order valence-electron chi connectivity index (χ2n) is 6.13. The number of aromatic amines is 2. The van der Waals surface area contributed by atoms with Gasteiger partial charge in [-0.25, -0.2) is 13.6 Å². The van der Waals surface area contributed by atoms with Gasteiger partial charge in [0, 0.05) is 12.6 Å². The molecular formula is C15H16F2N4O2. The monoisotopic (exact) mass is 322 g/mol. The number of nitrogens with one attached hydrogen (secondary N) is 2. The molecule has 1 aliphatic carbocycles. The minimum Gasteiger partial charge on any atom is -0.313 e. The number of hydrogen-bond acceptors (Lipinski definition) is 4. The van der Waals surface area contributed by atoms with E-state index < -0.39 is 17.2 Å². The largest absolute Gasteiger partial charge is 0.325 e. The third kappa shape index (κ3) is 3.35. The van der Waals surface area contributed by atoms with Gasteiger partial charge in [-0.05, 0) is 43.7 Å². The topological polar surface area (TPSA) is 91.5 Å². The zero-order chi connectivity index (χ0) is 16.8. The highest BCUT2D eigenvalue weighted by Crippen LogP contribution is 2.53. The Hall–Kier alpha value is -2.38. The third-order valence-corrected chi connectivity index (χ3v) is 4.06. The minimum absolute atomic E-state index is 0.0110. The lowest BCUT2D eigenvalue weighted by Crippen LogP contribution is -2.23. The van der Waals surface area contributed by atoms with Gasteiger partial charge in [-0.1, -0.05) is 0 Å². The molecule has 2 heterocycles. The Bertz CT molecular complexity index is 854. The average Bonchev–Trinajstić information content (AvgIpc) is 3.16. The normalized spacial score (nSPS) is 20.5. The maximum Gasteiger partial charge on any atom is 0.325 e. The summed E-state index contributed by atoms with van der Waals surface area (Å²) in [4.78, 5) is 27.4. The highest BCUT2D eigenvalue weighted by atomic mass is 19.3. The number of nitrogens with zero attached hydrogens (tertiary/aromatic N) is 2. The Kier molecular flexibility index (Phi) is 3.62. The first-order valence-electron chi connectivity index (χ1n) is 7.29. The quantitative estimate of drug-likeness (QED) is 0.900. The molecule has 122 valence electrons. The Morgan fingerprint density at radius 1 is 1.35 bits per heavy atom. The fraction of sp³-hybridized carbons (Fsp3) is 0.467. The summed E-state index contributed by atoms with van der Waals surface area (Å²) in [6.45, 7) is 2.69. The van der Waals surface area contributed by atoms with E-state index in [9.17, 15) is 18.4 Å². The molecule has 2 aromatic rings. The summed E-state index contributed by atoms with van der Waals surface area (Å²) < 4.78 is 26.3. The first kappa shape index (κ1) is 15.5. The van der Waals surface area contributed by atoms with E-state index in [0.717, 1.165) is 12.5 Å². The van der Waals surface area contributed by atoms with Crippen LogP contribution in [0.1, 0.15) is 36.9 Å². The molecule has 0 saturated heterocycles. The SMILES string of the molecule is Cc1nnc(-c2c[nH]c(=O)[nH]c2=O)cc1[C@H]1C[C@@H]1CC(C)(F)F. The number of aromatic nitrogens is 4. The Morgan fingerprint density at radius 2 is 2.09 bits per heavy atom. The van der Waals surface area contributed by atoms with Gasteiger partial charge < -0.3 is 4.98 Å². The second-order valence-corrected chi connectivity index (χ2v) is 6.13. The van der Waals surface area contributed by atoms with Crippen LogP contribution in [-0.4, -0.2) is 26.1 Å². The van der Waals surface area contributed by atoms with Crippen LogP contribution in [0.15, 0.2) is 21.9 Å². The standard InChI is InChI=1S/C15H16F2N4O2/c1-7-9(10-3-8(10)5-15(2,16)17)4-12(21-20-7)11-6-18-14(23)19-13(11)22/h4,6,8,10H,3,5H2,1-2H3,(H2,18,19,22,23)/t8-,10+/m1/s1. The van der Waals surface area contributed by atoms with Crippen LogP contribution in [0, 0.1) is 12.8 Å². The van der Waals surface area contributed by atoms with Crippen molar-refractivity contribution < 1.29 is 8.78 Å². The zero-order valence-corrected chi connectivity index (χ0v) is 12.7. The zero-order valence-electron chi connectivity index (χ0n) is 12.7. The molecule has 2 atom stereocenters. The van der Waals surface area contributed by atoms with Gasteiger partial charge in [0.1, 0.15) is 5.69 Å². The molecule has 0 aromatic carbocycles. The molecule has 3 rings (SSSR count). The van der Waals surface area contributed by atoms with Crippen molar-refractivity contribution in [2.24, 2.45) is 5.92 Å². The number of halogens is 2. The van der Waals surface area contributed by atoms with Crippen molar-refractivity contribution in [2.75, 3.05) is 0 Å². The number of hydrogen-bond donors (Lipinski definition) is 2. The van der Waals surface area contributed by atoms with Crippen LogP contribution in [0.2, 0.25) is 0 Å². The molecular weight excluding hydrogens is 306 g/mol.